The Hall–Kier alpha value is -2.34. The lowest BCUT2D eigenvalue weighted by Gasteiger charge is -2.25. The summed E-state index contributed by atoms with van der Waals surface area (Å²) in [4.78, 5) is 2.24. The van der Waals surface area contributed by atoms with Crippen LogP contribution in [-0.4, -0.2) is 19.7 Å². The summed E-state index contributed by atoms with van der Waals surface area (Å²) < 4.78 is 3.19. The standard InChI is InChI=1S/C25H22BrN5S.BrH/c26-20-12-10-19(11-13-20)22-17-32-25(31(22)16-18-7-3-1-4-8-18)21(15-27)24-29-28-23-9-5-2-6-14-30(23)24;/h1,3-4,7-8,10-13,17H,2,5-6,9,14,16H2;1H/p-1/b25-21-;. The van der Waals surface area contributed by atoms with Crippen molar-refractivity contribution in [2.24, 2.45) is 0 Å². The lowest BCUT2D eigenvalue weighted by Crippen LogP contribution is -3.00. The van der Waals surface area contributed by atoms with Gasteiger partial charge in [0.2, 0.25) is 0 Å². The molecule has 33 heavy (non-hydrogen) atoms. The Morgan fingerprint density at radius 1 is 1.03 bits per heavy atom. The van der Waals surface area contributed by atoms with Gasteiger partial charge in [-0.05, 0) is 36.1 Å². The van der Waals surface area contributed by atoms with Crippen LogP contribution in [0.15, 0.2) is 69.5 Å². The first-order valence-electron chi connectivity index (χ1n) is 10.8. The second kappa shape index (κ2) is 10.7. The molecule has 2 aliphatic heterocycles. The van der Waals surface area contributed by atoms with Crippen LogP contribution in [0.2, 0.25) is 0 Å². The molecule has 0 unspecified atom stereocenters. The van der Waals surface area contributed by atoms with Crippen molar-refractivity contribution < 1.29 is 17.0 Å². The summed E-state index contributed by atoms with van der Waals surface area (Å²) in [5.41, 5.74) is 3.98. The summed E-state index contributed by atoms with van der Waals surface area (Å²) in [5.74, 6) is 1.68. The van der Waals surface area contributed by atoms with Crippen molar-refractivity contribution in [3.8, 4) is 6.07 Å². The molecule has 0 saturated heterocycles. The summed E-state index contributed by atoms with van der Waals surface area (Å²) in [7, 11) is 0. The highest BCUT2D eigenvalue weighted by Crippen LogP contribution is 2.44. The number of nitriles is 1. The molecule has 5 rings (SSSR count). The number of thioether (sulfide) groups is 1. The molecule has 0 aliphatic carbocycles. The Balaban J connectivity index is 0.00000259. The number of aromatic nitrogens is 3. The van der Waals surface area contributed by atoms with Gasteiger partial charge in [-0.25, -0.2) is 0 Å². The van der Waals surface area contributed by atoms with Crippen LogP contribution in [0.4, 0.5) is 0 Å². The number of hydrogen-bond donors (Lipinski definition) is 0. The lowest BCUT2D eigenvalue weighted by molar-refractivity contribution is -0.00000651. The van der Waals surface area contributed by atoms with Crippen LogP contribution in [0.1, 0.15) is 42.0 Å². The number of rotatable bonds is 4. The molecule has 168 valence electrons. The Labute approximate surface area is 217 Å². The van der Waals surface area contributed by atoms with Gasteiger partial charge in [-0.1, -0.05) is 76.6 Å². The topological polar surface area (TPSA) is 57.7 Å². The Morgan fingerprint density at radius 2 is 1.82 bits per heavy atom. The summed E-state index contributed by atoms with van der Waals surface area (Å²) in [6.45, 7) is 1.55. The number of allylic oxidation sites excluding steroid dienone is 1. The minimum atomic E-state index is 0. The third-order valence-electron chi connectivity index (χ3n) is 5.80. The van der Waals surface area contributed by atoms with E-state index >= 15 is 0 Å². The molecular formula is C25H22Br2N5S-. The van der Waals surface area contributed by atoms with Gasteiger partial charge in [0, 0.05) is 29.4 Å². The maximum atomic E-state index is 10.2. The lowest BCUT2D eigenvalue weighted by atomic mass is 10.1. The fourth-order valence-corrected chi connectivity index (χ4v) is 5.47. The van der Waals surface area contributed by atoms with Crippen molar-refractivity contribution in [3.63, 3.8) is 0 Å². The monoisotopic (exact) mass is 582 g/mol. The minimum absolute atomic E-state index is 0. The zero-order chi connectivity index (χ0) is 21.9. The summed E-state index contributed by atoms with van der Waals surface area (Å²) in [6.07, 6.45) is 4.33. The van der Waals surface area contributed by atoms with Gasteiger partial charge in [0.15, 0.2) is 5.82 Å². The van der Waals surface area contributed by atoms with E-state index in [9.17, 15) is 5.26 Å². The molecule has 0 spiro atoms. The molecule has 0 radical (unpaired) electrons. The average Bonchev–Trinajstić information content (AvgIpc) is 3.32. The van der Waals surface area contributed by atoms with Gasteiger partial charge in [0.05, 0.1) is 5.70 Å². The molecule has 3 aromatic rings. The molecule has 8 heteroatoms. The SMILES string of the molecule is N#C/C(=C1/SC=C(c2ccc(Br)cc2)N1Cc1ccccc1)c1nnc2n1CCCCC2.[Br-]. The second-order valence-electron chi connectivity index (χ2n) is 7.89. The van der Waals surface area contributed by atoms with Crippen LogP contribution in [0.5, 0.6) is 0 Å². The first-order valence-corrected chi connectivity index (χ1v) is 12.4. The van der Waals surface area contributed by atoms with Crippen LogP contribution in [0.25, 0.3) is 11.3 Å². The van der Waals surface area contributed by atoms with Crippen LogP contribution in [0.3, 0.4) is 0 Å². The molecule has 0 fully saturated rings. The Kier molecular flexibility index (Phi) is 7.74. The average molecular weight is 584 g/mol. The Morgan fingerprint density at radius 3 is 2.58 bits per heavy atom. The van der Waals surface area contributed by atoms with Crippen molar-refractivity contribution in [2.75, 3.05) is 0 Å². The smallest absolute Gasteiger partial charge is 0.177 e. The third-order valence-corrected chi connectivity index (χ3v) is 7.32. The predicted octanol–water partition coefficient (Wildman–Crippen LogP) is 3.21. The zero-order valence-corrected chi connectivity index (χ0v) is 21.9. The summed E-state index contributed by atoms with van der Waals surface area (Å²) >= 11 is 5.12. The maximum absolute atomic E-state index is 10.2. The molecule has 5 nitrogen and oxygen atoms in total. The Bertz CT molecular complexity index is 1230. The number of nitrogens with zero attached hydrogens (tertiary/aromatic N) is 5. The van der Waals surface area contributed by atoms with Crippen molar-refractivity contribution in [2.45, 2.75) is 38.8 Å². The van der Waals surface area contributed by atoms with Crippen LogP contribution < -0.4 is 17.0 Å². The highest BCUT2D eigenvalue weighted by molar-refractivity contribution is 9.10. The van der Waals surface area contributed by atoms with Gasteiger partial charge >= 0.3 is 0 Å². The van der Waals surface area contributed by atoms with Gasteiger partial charge < -0.3 is 26.4 Å². The van der Waals surface area contributed by atoms with Gasteiger partial charge in [-0.15, -0.1) is 10.2 Å². The van der Waals surface area contributed by atoms with Crippen LogP contribution in [0, 0.1) is 11.3 Å². The number of benzene rings is 2. The van der Waals surface area contributed by atoms with E-state index in [1.807, 2.05) is 18.2 Å². The first kappa shape index (κ1) is 23.8. The second-order valence-corrected chi connectivity index (χ2v) is 9.67. The van der Waals surface area contributed by atoms with E-state index in [4.69, 9.17) is 0 Å². The highest BCUT2D eigenvalue weighted by Gasteiger charge is 2.29. The largest absolute Gasteiger partial charge is 1.00 e. The van der Waals surface area contributed by atoms with Crippen molar-refractivity contribution >= 4 is 39.0 Å². The van der Waals surface area contributed by atoms with Gasteiger partial charge in [0.1, 0.15) is 22.5 Å². The molecule has 0 bridgehead atoms. The van der Waals surface area contributed by atoms with Crippen molar-refractivity contribution in [3.05, 3.63) is 92.3 Å². The quantitative estimate of drug-likeness (QED) is 0.442. The molecule has 2 aliphatic rings. The molecular weight excluding hydrogens is 562 g/mol. The van der Waals surface area contributed by atoms with E-state index in [-0.39, 0.29) is 17.0 Å². The molecule has 1 aromatic heterocycles. The zero-order valence-electron chi connectivity index (χ0n) is 17.9. The molecule has 3 heterocycles. The van der Waals surface area contributed by atoms with E-state index in [0.717, 1.165) is 52.4 Å². The van der Waals surface area contributed by atoms with Crippen LogP contribution >= 0.6 is 27.7 Å². The van der Waals surface area contributed by atoms with E-state index < -0.39 is 0 Å². The van der Waals surface area contributed by atoms with E-state index in [0.29, 0.717) is 17.9 Å². The van der Waals surface area contributed by atoms with Crippen molar-refractivity contribution in [1.29, 1.82) is 5.26 Å². The molecule has 0 N–H and O–H groups in total. The van der Waals surface area contributed by atoms with Gasteiger partial charge in [-0.3, -0.25) is 0 Å². The van der Waals surface area contributed by atoms with Crippen LogP contribution in [-0.2, 0) is 19.5 Å². The molecule has 0 amide bonds. The number of aryl methyl sites for hydroxylation is 1. The van der Waals surface area contributed by atoms with E-state index in [2.05, 4.69) is 83.5 Å². The molecule has 2 aromatic carbocycles. The van der Waals surface area contributed by atoms with Gasteiger partial charge in [-0.2, -0.15) is 5.26 Å². The minimum Gasteiger partial charge on any atom is -1.00 e. The molecule has 0 saturated carbocycles. The normalized spacial score (nSPS) is 16.8. The number of halogens is 2. The van der Waals surface area contributed by atoms with Crippen molar-refractivity contribution in [1.82, 2.24) is 19.7 Å². The number of fused-ring (bicyclic) bond motifs is 1. The fourth-order valence-electron chi connectivity index (χ4n) is 4.17. The molecule has 0 atom stereocenters. The number of hydrogen-bond acceptors (Lipinski definition) is 5. The maximum Gasteiger partial charge on any atom is 0.177 e. The third kappa shape index (κ3) is 4.96. The summed E-state index contributed by atoms with van der Waals surface area (Å²) in [5, 5.41) is 22.2. The first-order chi connectivity index (χ1) is 15.7. The predicted molar refractivity (Wildman–Crippen MR) is 132 cm³/mol. The van der Waals surface area contributed by atoms with Gasteiger partial charge in [0.25, 0.3) is 0 Å². The van der Waals surface area contributed by atoms with E-state index in [1.54, 1.807) is 11.8 Å². The fraction of sp³-hybridized carbons (Fsp3) is 0.240. The highest BCUT2D eigenvalue weighted by atomic mass is 79.9. The van der Waals surface area contributed by atoms with E-state index in [1.165, 1.54) is 12.0 Å². The summed E-state index contributed by atoms with van der Waals surface area (Å²) in [6, 6.07) is 21.1.